The molecule has 0 aromatic heterocycles. The van der Waals surface area contributed by atoms with E-state index in [1.54, 1.807) is 6.07 Å². The van der Waals surface area contributed by atoms with Gasteiger partial charge < -0.3 is 20.6 Å². The fourth-order valence-electron chi connectivity index (χ4n) is 3.79. The van der Waals surface area contributed by atoms with Crippen molar-refractivity contribution >= 4 is 53.2 Å². The van der Waals surface area contributed by atoms with Gasteiger partial charge in [0, 0.05) is 19.3 Å². The molecule has 3 N–H and O–H groups in total. The van der Waals surface area contributed by atoms with E-state index in [2.05, 4.69) is 29.7 Å². The van der Waals surface area contributed by atoms with Crippen LogP contribution < -0.4 is 10.6 Å². The molecule has 1 unspecified atom stereocenters. The van der Waals surface area contributed by atoms with E-state index in [0.29, 0.717) is 12.0 Å². The molecule has 174 valence electrons. The van der Waals surface area contributed by atoms with E-state index in [9.17, 15) is 24.3 Å². The normalized spacial score (nSPS) is 15.9. The first-order valence-corrected chi connectivity index (χ1v) is 10.7. The third-order valence-electron chi connectivity index (χ3n) is 5.55. The number of rotatable bonds is 8. The first-order chi connectivity index (χ1) is 15.8. The number of urea groups is 1. The van der Waals surface area contributed by atoms with Gasteiger partial charge in [0.2, 0.25) is 0 Å². The molecule has 0 spiro atoms. The van der Waals surface area contributed by atoms with Crippen molar-refractivity contribution in [3.8, 4) is 0 Å². The molecule has 0 fully saturated rings. The maximum absolute atomic E-state index is 12.6. The Kier molecular flexibility index (Phi) is 10.0. The van der Waals surface area contributed by atoms with Crippen LogP contribution in [-0.2, 0) is 27.2 Å². The molecule has 1 aliphatic heterocycles. The first kappa shape index (κ1) is 27.3. The summed E-state index contributed by atoms with van der Waals surface area (Å²) in [6.45, 7) is 2.09. The average Bonchev–Trinajstić information content (AvgIpc) is 2.79. The Balaban J connectivity index is 0.00000408. The Labute approximate surface area is 220 Å². The number of likely N-dealkylation sites (N-methyl/N-ethyl adjacent to an activating group) is 1. The number of amides is 3. The average molecular weight is 474 g/mol. The van der Waals surface area contributed by atoms with Crippen LogP contribution in [0.1, 0.15) is 41.6 Å². The van der Waals surface area contributed by atoms with Crippen LogP contribution in [0.25, 0.3) is 0 Å². The number of benzene rings is 2. The van der Waals surface area contributed by atoms with Gasteiger partial charge in [-0.15, -0.1) is 0 Å². The number of aliphatic carboxylic acids is 1. The molecular weight excluding hydrogens is 445 g/mol. The van der Waals surface area contributed by atoms with Crippen LogP contribution in [0.4, 0.5) is 4.79 Å². The van der Waals surface area contributed by atoms with Crippen LogP contribution in [0, 0.1) is 0 Å². The SMILES string of the molecule is CCc1ccccc1Cc1cccc([C@H](CC(=O)O)NC(=O)NC2C(=O)C=CN(C)C2=O)c1.[NaH]. The van der Waals surface area contributed by atoms with Crippen LogP contribution in [0.3, 0.4) is 0 Å². The van der Waals surface area contributed by atoms with Crippen LogP contribution in [-0.4, -0.2) is 76.3 Å². The molecule has 0 radical (unpaired) electrons. The molecule has 8 nitrogen and oxygen atoms in total. The Morgan fingerprint density at radius 1 is 1.09 bits per heavy atom. The third kappa shape index (κ3) is 7.03. The zero-order valence-electron chi connectivity index (χ0n) is 18.6. The van der Waals surface area contributed by atoms with Crippen molar-refractivity contribution in [2.45, 2.75) is 38.3 Å². The Morgan fingerprint density at radius 3 is 2.47 bits per heavy atom. The molecule has 9 heteroatoms. The van der Waals surface area contributed by atoms with Gasteiger partial charge in [0.15, 0.2) is 11.8 Å². The summed E-state index contributed by atoms with van der Waals surface area (Å²) in [7, 11) is 1.48. The summed E-state index contributed by atoms with van der Waals surface area (Å²) in [5.41, 5.74) is 4.03. The van der Waals surface area contributed by atoms with Gasteiger partial charge in [-0.25, -0.2) is 4.79 Å². The van der Waals surface area contributed by atoms with Crippen LogP contribution in [0.5, 0.6) is 0 Å². The monoisotopic (exact) mass is 473 g/mol. The number of carbonyl (C=O) groups is 4. The van der Waals surface area contributed by atoms with Crippen molar-refractivity contribution < 1.29 is 24.3 Å². The predicted molar refractivity (Wildman–Crippen MR) is 130 cm³/mol. The van der Waals surface area contributed by atoms with Crippen molar-refractivity contribution in [2.75, 3.05) is 7.05 Å². The van der Waals surface area contributed by atoms with Gasteiger partial charge in [0.25, 0.3) is 5.91 Å². The summed E-state index contributed by atoms with van der Waals surface area (Å²) < 4.78 is 0. The number of carboxylic acids is 1. The van der Waals surface area contributed by atoms with Crippen LogP contribution in [0.15, 0.2) is 60.8 Å². The molecule has 2 aromatic rings. The van der Waals surface area contributed by atoms with Gasteiger partial charge >= 0.3 is 41.6 Å². The minimum absolute atomic E-state index is 0. The molecular formula is C25H28N3NaO5. The molecule has 0 saturated heterocycles. The number of nitrogens with zero attached hydrogens (tertiary/aromatic N) is 1. The fraction of sp³-hybridized carbons (Fsp3) is 0.280. The van der Waals surface area contributed by atoms with Gasteiger partial charge in [-0.3, -0.25) is 14.4 Å². The fourth-order valence-corrected chi connectivity index (χ4v) is 3.79. The first-order valence-electron chi connectivity index (χ1n) is 10.7. The Bertz CT molecular complexity index is 1100. The second kappa shape index (κ2) is 12.5. The number of nitrogens with one attached hydrogen (secondary N) is 2. The van der Waals surface area contributed by atoms with Crippen LogP contribution >= 0.6 is 0 Å². The molecule has 3 amide bonds. The van der Waals surface area contributed by atoms with E-state index in [-0.39, 0.29) is 36.0 Å². The standard InChI is InChI=1S/C25H27N3O5.Na.H/c1-3-17-8-4-5-9-18(17)13-16-7-6-10-19(14-16)20(15-22(30)31)26-25(33)27-23-21(29)11-12-28(2)24(23)32;;/h4-12,14,20,23H,3,13,15H2,1-2H3,(H,30,31)(H2,26,27,33);;/t20-,23?;;/m0../s1. The van der Waals surface area contributed by atoms with Crippen LogP contribution in [0.2, 0.25) is 0 Å². The van der Waals surface area contributed by atoms with Gasteiger partial charge in [-0.2, -0.15) is 0 Å². The van der Waals surface area contributed by atoms with Crippen molar-refractivity contribution in [3.63, 3.8) is 0 Å². The summed E-state index contributed by atoms with van der Waals surface area (Å²) in [6, 6.07) is 12.5. The number of carbonyl (C=O) groups excluding carboxylic acids is 3. The summed E-state index contributed by atoms with van der Waals surface area (Å²) in [4.78, 5) is 49.5. The molecule has 0 bridgehead atoms. The Hall–Kier alpha value is -2.94. The summed E-state index contributed by atoms with van der Waals surface area (Å²) in [5.74, 6) is -2.20. The molecule has 0 aliphatic carbocycles. The van der Waals surface area contributed by atoms with Crippen molar-refractivity contribution in [3.05, 3.63) is 83.1 Å². The van der Waals surface area contributed by atoms with Gasteiger partial charge in [-0.05, 0) is 35.1 Å². The Morgan fingerprint density at radius 2 is 1.79 bits per heavy atom. The summed E-state index contributed by atoms with van der Waals surface area (Å²) in [6.07, 6.45) is 3.76. The molecule has 2 aromatic carbocycles. The molecule has 2 atom stereocenters. The van der Waals surface area contributed by atoms with E-state index in [1.165, 1.54) is 35.4 Å². The topological polar surface area (TPSA) is 116 Å². The molecule has 1 heterocycles. The van der Waals surface area contributed by atoms with Gasteiger partial charge in [0.1, 0.15) is 0 Å². The van der Waals surface area contributed by atoms with E-state index in [0.717, 1.165) is 12.0 Å². The van der Waals surface area contributed by atoms with Gasteiger partial charge in [0.05, 0.1) is 12.5 Å². The van der Waals surface area contributed by atoms with Crippen molar-refractivity contribution in [2.24, 2.45) is 0 Å². The number of aryl methyl sites for hydroxylation is 1. The number of carboxylic acid groups (broad SMARTS) is 1. The second-order valence-corrected chi connectivity index (χ2v) is 7.91. The zero-order valence-corrected chi connectivity index (χ0v) is 18.6. The van der Waals surface area contributed by atoms with Crippen molar-refractivity contribution in [1.29, 1.82) is 0 Å². The van der Waals surface area contributed by atoms with E-state index in [4.69, 9.17) is 0 Å². The number of ketones is 1. The quantitative estimate of drug-likeness (QED) is 0.400. The number of hydrogen-bond acceptors (Lipinski definition) is 4. The van der Waals surface area contributed by atoms with E-state index >= 15 is 0 Å². The molecule has 1 aliphatic rings. The molecule has 34 heavy (non-hydrogen) atoms. The minimum atomic E-state index is -1.35. The predicted octanol–water partition coefficient (Wildman–Crippen LogP) is 1.93. The van der Waals surface area contributed by atoms with E-state index in [1.807, 2.05) is 30.3 Å². The van der Waals surface area contributed by atoms with E-state index < -0.39 is 35.8 Å². The third-order valence-corrected chi connectivity index (χ3v) is 5.55. The zero-order chi connectivity index (χ0) is 24.0. The summed E-state index contributed by atoms with van der Waals surface area (Å²) in [5, 5.41) is 14.3. The van der Waals surface area contributed by atoms with Crippen molar-refractivity contribution in [1.82, 2.24) is 15.5 Å². The summed E-state index contributed by atoms with van der Waals surface area (Å²) >= 11 is 0. The number of hydrogen-bond donors (Lipinski definition) is 3. The molecule has 3 rings (SSSR count). The van der Waals surface area contributed by atoms with Gasteiger partial charge in [-0.1, -0.05) is 55.5 Å². The maximum atomic E-state index is 12.6. The molecule has 0 saturated carbocycles. The second-order valence-electron chi connectivity index (χ2n) is 7.91.